The van der Waals surface area contributed by atoms with Crippen molar-refractivity contribution in [1.82, 2.24) is 5.32 Å². The quantitative estimate of drug-likeness (QED) is 0.579. The van der Waals surface area contributed by atoms with Crippen molar-refractivity contribution in [2.24, 2.45) is 0 Å². The Hall–Kier alpha value is -2.06. The molecule has 8 heteroatoms. The number of hydrogen-bond acceptors (Lipinski definition) is 5. The molecule has 0 radical (unpaired) electrons. The van der Waals surface area contributed by atoms with E-state index in [1.165, 1.54) is 7.11 Å². The number of amides is 1. The van der Waals surface area contributed by atoms with Crippen LogP contribution in [0.4, 0.5) is 10.1 Å². The van der Waals surface area contributed by atoms with E-state index < -0.39 is 34.9 Å². The summed E-state index contributed by atoms with van der Waals surface area (Å²) in [5.41, 5.74) is -0.845. The number of aliphatic hydroxyl groups is 1. The second-order valence-electron chi connectivity index (χ2n) is 3.73. The first-order chi connectivity index (χ1) is 8.99. The largest absolute Gasteiger partial charge is 0.394 e. The van der Waals surface area contributed by atoms with Crippen LogP contribution in [0, 0.1) is 15.9 Å². The van der Waals surface area contributed by atoms with Crippen LogP contribution in [0.15, 0.2) is 18.2 Å². The van der Waals surface area contributed by atoms with Gasteiger partial charge in [-0.15, -0.1) is 0 Å². The van der Waals surface area contributed by atoms with Gasteiger partial charge in [0.05, 0.1) is 29.7 Å². The van der Waals surface area contributed by atoms with Crippen LogP contribution >= 0.6 is 0 Å². The third-order valence-electron chi connectivity index (χ3n) is 2.33. The maximum absolute atomic E-state index is 13.4. The zero-order valence-corrected chi connectivity index (χ0v) is 10.1. The number of hydrogen-bond donors (Lipinski definition) is 2. The van der Waals surface area contributed by atoms with Crippen molar-refractivity contribution in [2.75, 3.05) is 20.3 Å². The average Bonchev–Trinajstić information content (AvgIpc) is 2.38. The van der Waals surface area contributed by atoms with Gasteiger partial charge in [-0.1, -0.05) is 0 Å². The van der Waals surface area contributed by atoms with E-state index in [9.17, 15) is 19.3 Å². The van der Waals surface area contributed by atoms with Crippen LogP contribution in [0.2, 0.25) is 0 Å². The second kappa shape index (κ2) is 6.76. The topological polar surface area (TPSA) is 102 Å². The van der Waals surface area contributed by atoms with E-state index in [0.717, 1.165) is 18.2 Å². The fraction of sp³-hybridized carbons (Fsp3) is 0.364. The van der Waals surface area contributed by atoms with Crippen molar-refractivity contribution in [1.29, 1.82) is 0 Å². The fourth-order valence-electron chi connectivity index (χ4n) is 1.41. The van der Waals surface area contributed by atoms with Gasteiger partial charge in [-0.2, -0.15) is 0 Å². The highest BCUT2D eigenvalue weighted by Gasteiger charge is 2.19. The summed E-state index contributed by atoms with van der Waals surface area (Å²) in [7, 11) is 1.38. The molecule has 1 amide bonds. The van der Waals surface area contributed by atoms with Gasteiger partial charge >= 0.3 is 0 Å². The lowest BCUT2D eigenvalue weighted by molar-refractivity contribution is -0.384. The van der Waals surface area contributed by atoms with Gasteiger partial charge in [0.25, 0.3) is 11.6 Å². The summed E-state index contributed by atoms with van der Waals surface area (Å²) in [5, 5.41) is 21.8. The molecule has 0 aliphatic carbocycles. The van der Waals surface area contributed by atoms with Gasteiger partial charge in [0.2, 0.25) is 0 Å². The SMILES string of the molecule is COCC(CO)NC(=O)c1cc([N+](=O)[O-])ccc1F. The average molecular weight is 272 g/mol. The molecule has 1 aromatic carbocycles. The molecule has 0 bridgehead atoms. The Bertz CT molecular complexity index is 480. The number of benzene rings is 1. The van der Waals surface area contributed by atoms with E-state index in [-0.39, 0.29) is 12.3 Å². The number of methoxy groups -OCH3 is 1. The molecule has 1 rings (SSSR count). The molecule has 0 spiro atoms. The lowest BCUT2D eigenvalue weighted by Gasteiger charge is -2.15. The number of aliphatic hydroxyl groups excluding tert-OH is 1. The molecule has 0 aliphatic heterocycles. The Kier molecular flexibility index (Phi) is 5.34. The highest BCUT2D eigenvalue weighted by Crippen LogP contribution is 2.16. The molecule has 0 aliphatic rings. The zero-order valence-electron chi connectivity index (χ0n) is 10.1. The van der Waals surface area contributed by atoms with Crippen molar-refractivity contribution >= 4 is 11.6 Å². The number of halogens is 1. The van der Waals surface area contributed by atoms with Crippen molar-refractivity contribution in [3.63, 3.8) is 0 Å². The van der Waals surface area contributed by atoms with E-state index in [4.69, 9.17) is 9.84 Å². The van der Waals surface area contributed by atoms with Crippen LogP contribution in [0.5, 0.6) is 0 Å². The first-order valence-corrected chi connectivity index (χ1v) is 5.34. The van der Waals surface area contributed by atoms with Crippen LogP contribution in [0.25, 0.3) is 0 Å². The highest BCUT2D eigenvalue weighted by atomic mass is 19.1. The summed E-state index contributed by atoms with van der Waals surface area (Å²) in [6.07, 6.45) is 0. The number of carbonyl (C=O) groups is 1. The minimum absolute atomic E-state index is 0.0405. The molecule has 0 heterocycles. The summed E-state index contributed by atoms with van der Waals surface area (Å²) < 4.78 is 18.2. The predicted octanol–water partition coefficient (Wildman–Crippen LogP) is 0.471. The lowest BCUT2D eigenvalue weighted by Crippen LogP contribution is -2.40. The predicted molar refractivity (Wildman–Crippen MR) is 63.3 cm³/mol. The minimum Gasteiger partial charge on any atom is -0.394 e. The number of nitro groups is 1. The summed E-state index contributed by atoms with van der Waals surface area (Å²) in [6.45, 7) is -0.352. The number of nitrogens with one attached hydrogen (secondary N) is 1. The Morgan fingerprint density at radius 3 is 2.84 bits per heavy atom. The van der Waals surface area contributed by atoms with Crippen LogP contribution < -0.4 is 5.32 Å². The number of non-ortho nitro benzene ring substituents is 1. The second-order valence-corrected chi connectivity index (χ2v) is 3.73. The third kappa shape index (κ3) is 3.97. The van der Waals surface area contributed by atoms with Crippen molar-refractivity contribution in [2.45, 2.75) is 6.04 Å². The van der Waals surface area contributed by atoms with Gasteiger partial charge in [-0.3, -0.25) is 14.9 Å². The molecule has 1 atom stereocenters. The molecule has 2 N–H and O–H groups in total. The molecular weight excluding hydrogens is 259 g/mol. The molecule has 1 unspecified atom stereocenters. The summed E-state index contributed by atoms with van der Waals surface area (Å²) in [6, 6.07) is 1.93. The van der Waals surface area contributed by atoms with Gasteiger partial charge in [0.15, 0.2) is 0 Å². The molecule has 7 nitrogen and oxygen atoms in total. The number of rotatable bonds is 6. The van der Waals surface area contributed by atoms with Crippen LogP contribution in [-0.4, -0.2) is 42.3 Å². The van der Waals surface area contributed by atoms with E-state index >= 15 is 0 Å². The Morgan fingerprint density at radius 1 is 1.63 bits per heavy atom. The van der Waals surface area contributed by atoms with Gasteiger partial charge in [-0.05, 0) is 6.07 Å². The molecule has 1 aromatic rings. The minimum atomic E-state index is -0.878. The standard InChI is InChI=1S/C11H13FN2O5/c1-19-6-7(5-15)13-11(16)9-4-8(14(17)18)2-3-10(9)12/h2-4,7,15H,5-6H2,1H3,(H,13,16). The molecule has 104 valence electrons. The first-order valence-electron chi connectivity index (χ1n) is 5.34. The fourth-order valence-corrected chi connectivity index (χ4v) is 1.41. The number of carbonyl (C=O) groups excluding carboxylic acids is 1. The molecule has 0 fully saturated rings. The summed E-state index contributed by atoms with van der Waals surface area (Å²) in [4.78, 5) is 21.6. The lowest BCUT2D eigenvalue weighted by atomic mass is 10.1. The van der Waals surface area contributed by atoms with E-state index in [1.807, 2.05) is 0 Å². The normalized spacial score (nSPS) is 11.9. The number of nitrogens with zero attached hydrogens (tertiary/aromatic N) is 1. The maximum atomic E-state index is 13.4. The Labute approximate surface area is 108 Å². The molecule has 0 aromatic heterocycles. The number of nitro benzene ring substituents is 1. The van der Waals surface area contributed by atoms with Gasteiger partial charge < -0.3 is 15.2 Å². The molecular formula is C11H13FN2O5. The van der Waals surface area contributed by atoms with Gasteiger partial charge in [0, 0.05) is 19.2 Å². The Morgan fingerprint density at radius 2 is 2.32 bits per heavy atom. The first kappa shape index (κ1) is 15.0. The maximum Gasteiger partial charge on any atom is 0.270 e. The van der Waals surface area contributed by atoms with Crippen LogP contribution in [0.3, 0.4) is 0 Å². The van der Waals surface area contributed by atoms with Gasteiger partial charge in [-0.25, -0.2) is 4.39 Å². The van der Waals surface area contributed by atoms with E-state index in [2.05, 4.69) is 5.32 Å². The highest BCUT2D eigenvalue weighted by molar-refractivity contribution is 5.95. The van der Waals surface area contributed by atoms with Crippen molar-refractivity contribution in [3.8, 4) is 0 Å². The number of ether oxygens (including phenoxy) is 1. The van der Waals surface area contributed by atoms with E-state index in [1.54, 1.807) is 0 Å². The Balaban J connectivity index is 2.92. The van der Waals surface area contributed by atoms with Crippen LogP contribution in [-0.2, 0) is 4.74 Å². The zero-order chi connectivity index (χ0) is 14.4. The van der Waals surface area contributed by atoms with Crippen molar-refractivity contribution < 1.29 is 24.0 Å². The van der Waals surface area contributed by atoms with Gasteiger partial charge in [0.1, 0.15) is 5.82 Å². The summed E-state index contributed by atoms with van der Waals surface area (Å²) in [5.74, 6) is -1.73. The van der Waals surface area contributed by atoms with E-state index in [0.29, 0.717) is 0 Å². The third-order valence-corrected chi connectivity index (χ3v) is 2.33. The summed E-state index contributed by atoms with van der Waals surface area (Å²) >= 11 is 0. The van der Waals surface area contributed by atoms with Crippen LogP contribution in [0.1, 0.15) is 10.4 Å². The monoisotopic (exact) mass is 272 g/mol. The molecule has 0 saturated carbocycles. The smallest absolute Gasteiger partial charge is 0.270 e. The molecule has 0 saturated heterocycles. The molecule has 19 heavy (non-hydrogen) atoms. The van der Waals surface area contributed by atoms with Crippen molar-refractivity contribution in [3.05, 3.63) is 39.7 Å².